The number of nitrogens with zero attached hydrogens (tertiary/aromatic N) is 1. The summed E-state index contributed by atoms with van der Waals surface area (Å²) in [4.78, 5) is 15.9. The topological polar surface area (TPSA) is 66.0 Å². The van der Waals surface area contributed by atoms with Crippen LogP contribution in [0.1, 0.15) is 18.4 Å². The molecule has 0 unspecified atom stereocenters. The van der Waals surface area contributed by atoms with Crippen LogP contribution in [0, 0.1) is 0 Å². The van der Waals surface area contributed by atoms with Gasteiger partial charge in [-0.25, -0.2) is 9.78 Å². The van der Waals surface area contributed by atoms with Crippen LogP contribution >= 0.6 is 23.2 Å². The Morgan fingerprint density at radius 2 is 2.04 bits per heavy atom. The minimum Gasteiger partial charge on any atom is -0.370 e. The van der Waals surface area contributed by atoms with Crippen LogP contribution in [-0.2, 0) is 6.42 Å². The van der Waals surface area contributed by atoms with E-state index < -0.39 is 0 Å². The summed E-state index contributed by atoms with van der Waals surface area (Å²) >= 11 is 12.0. The minimum atomic E-state index is -0.183. The molecule has 1 fully saturated rings. The molecular formula is C17H18Cl2N4O. The summed E-state index contributed by atoms with van der Waals surface area (Å²) in [6.07, 6.45) is 4.52. The van der Waals surface area contributed by atoms with Crippen LogP contribution in [0.15, 0.2) is 36.5 Å². The Morgan fingerprint density at radius 1 is 1.21 bits per heavy atom. The van der Waals surface area contributed by atoms with Crippen molar-refractivity contribution < 1.29 is 4.79 Å². The van der Waals surface area contributed by atoms with Crippen LogP contribution in [0.5, 0.6) is 0 Å². The first-order chi connectivity index (χ1) is 11.6. The van der Waals surface area contributed by atoms with Crippen LogP contribution in [0.4, 0.5) is 16.3 Å². The number of anilines is 2. The molecule has 3 rings (SSSR count). The fraction of sp³-hybridized carbons (Fsp3) is 0.294. The number of rotatable bonds is 6. The lowest BCUT2D eigenvalue weighted by atomic mass is 10.1. The number of aromatic nitrogens is 1. The highest BCUT2D eigenvalue weighted by atomic mass is 35.5. The summed E-state index contributed by atoms with van der Waals surface area (Å²) in [6, 6.07) is 9.28. The molecule has 126 valence electrons. The van der Waals surface area contributed by atoms with E-state index in [2.05, 4.69) is 20.9 Å². The first-order valence-electron chi connectivity index (χ1n) is 7.81. The number of hydrogen-bond donors (Lipinski definition) is 3. The molecule has 7 heteroatoms. The molecule has 1 aliphatic carbocycles. The van der Waals surface area contributed by atoms with Gasteiger partial charge in [0.25, 0.3) is 0 Å². The van der Waals surface area contributed by atoms with Gasteiger partial charge in [0.1, 0.15) is 5.82 Å². The van der Waals surface area contributed by atoms with Crippen molar-refractivity contribution in [2.75, 3.05) is 17.2 Å². The molecule has 0 atom stereocenters. The number of carbonyl (C=O) groups is 1. The first-order valence-corrected chi connectivity index (χ1v) is 8.57. The van der Waals surface area contributed by atoms with Crippen molar-refractivity contribution in [2.24, 2.45) is 0 Å². The number of carbonyl (C=O) groups excluding carboxylic acids is 1. The van der Waals surface area contributed by atoms with E-state index in [-0.39, 0.29) is 6.03 Å². The van der Waals surface area contributed by atoms with Gasteiger partial charge in [-0.1, -0.05) is 29.3 Å². The largest absolute Gasteiger partial charge is 0.370 e. The number of halogens is 2. The third-order valence-electron chi connectivity index (χ3n) is 3.65. The van der Waals surface area contributed by atoms with Crippen LogP contribution in [0.25, 0.3) is 0 Å². The Kier molecular flexibility index (Phi) is 5.43. The van der Waals surface area contributed by atoms with Gasteiger partial charge >= 0.3 is 6.03 Å². The van der Waals surface area contributed by atoms with Crippen LogP contribution in [0.2, 0.25) is 10.0 Å². The lowest BCUT2D eigenvalue weighted by molar-refractivity contribution is 0.251. The Hall–Kier alpha value is -1.98. The lowest BCUT2D eigenvalue weighted by Crippen LogP contribution is -2.30. The van der Waals surface area contributed by atoms with E-state index in [0.29, 0.717) is 28.3 Å². The Morgan fingerprint density at radius 3 is 2.71 bits per heavy atom. The molecule has 2 amide bonds. The second-order valence-corrected chi connectivity index (χ2v) is 6.56. The van der Waals surface area contributed by atoms with Crippen molar-refractivity contribution in [3.63, 3.8) is 0 Å². The Labute approximate surface area is 150 Å². The van der Waals surface area contributed by atoms with E-state index >= 15 is 0 Å². The summed E-state index contributed by atoms with van der Waals surface area (Å²) in [7, 11) is 0. The van der Waals surface area contributed by atoms with Crippen LogP contribution in [-0.4, -0.2) is 23.6 Å². The number of hydrogen-bond acceptors (Lipinski definition) is 3. The molecule has 5 nitrogen and oxygen atoms in total. The normalized spacial score (nSPS) is 13.4. The van der Waals surface area contributed by atoms with Gasteiger partial charge in [0.15, 0.2) is 0 Å². The van der Waals surface area contributed by atoms with E-state index in [1.54, 1.807) is 12.3 Å². The molecule has 2 aromatic rings. The summed E-state index contributed by atoms with van der Waals surface area (Å²) in [5, 5.41) is 10.2. The molecule has 3 N–H and O–H groups in total. The average molecular weight is 365 g/mol. The van der Waals surface area contributed by atoms with Crippen molar-refractivity contribution in [1.82, 2.24) is 10.3 Å². The summed E-state index contributed by atoms with van der Waals surface area (Å²) in [6.45, 7) is 0.698. The molecule has 1 heterocycles. The van der Waals surface area contributed by atoms with E-state index in [1.807, 2.05) is 24.3 Å². The first kappa shape index (κ1) is 16.9. The molecule has 1 aromatic carbocycles. The van der Waals surface area contributed by atoms with Gasteiger partial charge in [0.2, 0.25) is 0 Å². The maximum Gasteiger partial charge on any atom is 0.319 e. The molecular weight excluding hydrogens is 347 g/mol. The lowest BCUT2D eigenvalue weighted by Gasteiger charge is -2.09. The molecule has 24 heavy (non-hydrogen) atoms. The molecule has 0 saturated heterocycles. The number of nitrogens with one attached hydrogen (secondary N) is 3. The van der Waals surface area contributed by atoms with Gasteiger partial charge in [0.05, 0.1) is 11.9 Å². The summed E-state index contributed by atoms with van der Waals surface area (Å²) < 4.78 is 0. The second kappa shape index (κ2) is 7.73. The van der Waals surface area contributed by atoms with Crippen molar-refractivity contribution in [1.29, 1.82) is 0 Å². The van der Waals surface area contributed by atoms with E-state index in [9.17, 15) is 4.79 Å². The van der Waals surface area contributed by atoms with Crippen LogP contribution in [0.3, 0.4) is 0 Å². The highest BCUT2D eigenvalue weighted by Crippen LogP contribution is 2.21. The fourth-order valence-electron chi connectivity index (χ4n) is 2.20. The predicted molar refractivity (Wildman–Crippen MR) is 98.1 cm³/mol. The van der Waals surface area contributed by atoms with Gasteiger partial charge in [0, 0.05) is 22.6 Å². The van der Waals surface area contributed by atoms with E-state index in [0.717, 1.165) is 30.6 Å². The van der Waals surface area contributed by atoms with Crippen LogP contribution < -0.4 is 16.0 Å². The minimum absolute atomic E-state index is 0.183. The molecule has 1 saturated carbocycles. The molecule has 0 spiro atoms. The van der Waals surface area contributed by atoms with Crippen molar-refractivity contribution in [2.45, 2.75) is 25.3 Å². The van der Waals surface area contributed by atoms with Gasteiger partial charge in [-0.3, -0.25) is 0 Å². The molecule has 0 aliphatic heterocycles. The quantitative estimate of drug-likeness (QED) is 0.714. The monoisotopic (exact) mass is 364 g/mol. The van der Waals surface area contributed by atoms with Crippen molar-refractivity contribution in [3.8, 4) is 0 Å². The molecule has 1 aromatic heterocycles. The average Bonchev–Trinajstić information content (AvgIpc) is 3.35. The predicted octanol–water partition coefficient (Wildman–Crippen LogP) is 4.33. The summed E-state index contributed by atoms with van der Waals surface area (Å²) in [5.41, 5.74) is 1.70. The number of pyridine rings is 1. The van der Waals surface area contributed by atoms with E-state index in [1.165, 1.54) is 0 Å². The van der Waals surface area contributed by atoms with Crippen molar-refractivity contribution in [3.05, 3.63) is 52.1 Å². The maximum absolute atomic E-state index is 11.6. The highest BCUT2D eigenvalue weighted by Gasteiger charge is 2.23. The number of urea groups is 1. The second-order valence-electron chi connectivity index (χ2n) is 5.72. The molecule has 0 bridgehead atoms. The zero-order valence-electron chi connectivity index (χ0n) is 13.0. The summed E-state index contributed by atoms with van der Waals surface area (Å²) in [5.74, 6) is 0.744. The molecule has 1 aliphatic rings. The zero-order chi connectivity index (χ0) is 16.9. The maximum atomic E-state index is 11.6. The number of amides is 2. The Balaban J connectivity index is 1.46. The third-order valence-corrected chi connectivity index (χ3v) is 4.24. The Bertz CT molecular complexity index is 717. The van der Waals surface area contributed by atoms with Gasteiger partial charge in [-0.15, -0.1) is 0 Å². The zero-order valence-corrected chi connectivity index (χ0v) is 14.5. The van der Waals surface area contributed by atoms with Gasteiger partial charge in [-0.2, -0.15) is 0 Å². The smallest absolute Gasteiger partial charge is 0.319 e. The highest BCUT2D eigenvalue weighted by molar-refractivity contribution is 6.35. The van der Waals surface area contributed by atoms with Crippen molar-refractivity contribution >= 4 is 40.7 Å². The van der Waals surface area contributed by atoms with Gasteiger partial charge < -0.3 is 16.0 Å². The third kappa shape index (κ3) is 5.01. The van der Waals surface area contributed by atoms with E-state index in [4.69, 9.17) is 23.2 Å². The fourth-order valence-corrected chi connectivity index (χ4v) is 2.71. The molecule has 0 radical (unpaired) electrons. The standard InChI is InChI=1S/C17H18Cl2N4O/c18-12-2-1-11(15(19)9-12)7-8-20-16-6-5-14(10-21-16)23-17(24)22-13-3-4-13/h1-2,5-6,9-10,13H,3-4,7-8H2,(H,20,21)(H2,22,23,24). The number of benzene rings is 1. The SMILES string of the molecule is O=C(Nc1ccc(NCCc2ccc(Cl)cc2Cl)nc1)NC1CC1. The van der Waals surface area contributed by atoms with Gasteiger partial charge in [-0.05, 0) is 49.1 Å².